The number of hydrogen-bond donors (Lipinski definition) is 2. The van der Waals surface area contributed by atoms with Crippen LogP contribution in [0, 0.1) is 0 Å². The Kier molecular flexibility index (Phi) is 10.8. The molecule has 2 atom stereocenters. The summed E-state index contributed by atoms with van der Waals surface area (Å²) >= 11 is 0. The summed E-state index contributed by atoms with van der Waals surface area (Å²) < 4.78 is 17.6. The molecule has 0 radical (unpaired) electrons. The van der Waals surface area contributed by atoms with E-state index in [1.54, 1.807) is 33.9 Å². The van der Waals surface area contributed by atoms with Crippen LogP contribution in [0.4, 0.5) is 10.2 Å². The van der Waals surface area contributed by atoms with Crippen LogP contribution in [0.2, 0.25) is 0 Å². The van der Waals surface area contributed by atoms with Gasteiger partial charge in [0.2, 0.25) is 0 Å². The molecule has 0 unspecified atom stereocenters. The lowest BCUT2D eigenvalue weighted by Gasteiger charge is -2.24. The standard InChI is InChI=1S/C10H15FN2.C4H9NO2.ClH/c1-8(10(2,3)11)13-9-6-4-5-7-12-9;1-3(5)4(6)7-2;/h4-8H,1-3H3,(H,12,13);3H,5H2,1-2H3;1H/t8-;3-;/m00./s1. The van der Waals surface area contributed by atoms with Crippen molar-refractivity contribution in [1.82, 2.24) is 4.98 Å². The highest BCUT2D eigenvalue weighted by molar-refractivity contribution is 5.85. The Morgan fingerprint density at radius 1 is 1.43 bits per heavy atom. The van der Waals surface area contributed by atoms with Gasteiger partial charge in [-0.05, 0) is 39.8 Å². The number of ether oxygens (including phenoxy) is 1. The second-order valence-electron chi connectivity index (χ2n) is 4.96. The molecule has 0 fully saturated rings. The molecule has 0 spiro atoms. The third kappa shape index (κ3) is 10.0. The van der Waals surface area contributed by atoms with Gasteiger partial charge < -0.3 is 15.8 Å². The van der Waals surface area contributed by atoms with Crippen molar-refractivity contribution in [2.45, 2.75) is 45.4 Å². The van der Waals surface area contributed by atoms with Gasteiger partial charge in [-0.1, -0.05) is 6.07 Å². The maximum atomic E-state index is 13.4. The number of rotatable bonds is 4. The van der Waals surface area contributed by atoms with E-state index in [0.29, 0.717) is 5.82 Å². The summed E-state index contributed by atoms with van der Waals surface area (Å²) in [6.07, 6.45) is 1.68. The first-order chi connectivity index (χ1) is 9.18. The molecule has 122 valence electrons. The Morgan fingerprint density at radius 3 is 2.29 bits per heavy atom. The smallest absolute Gasteiger partial charge is 0.322 e. The van der Waals surface area contributed by atoms with E-state index in [1.807, 2.05) is 18.2 Å². The molecule has 1 rings (SSSR count). The molecule has 0 aliphatic rings. The highest BCUT2D eigenvalue weighted by Crippen LogP contribution is 2.17. The summed E-state index contributed by atoms with van der Waals surface area (Å²) in [6, 6.07) is 4.78. The number of hydrogen-bond acceptors (Lipinski definition) is 5. The Labute approximate surface area is 131 Å². The van der Waals surface area contributed by atoms with Crippen LogP contribution in [-0.4, -0.2) is 35.8 Å². The van der Waals surface area contributed by atoms with Crippen molar-refractivity contribution in [2.24, 2.45) is 5.73 Å². The Hall–Kier alpha value is -1.40. The molecule has 0 aromatic carbocycles. The maximum Gasteiger partial charge on any atom is 0.322 e. The maximum absolute atomic E-state index is 13.4. The lowest BCUT2D eigenvalue weighted by molar-refractivity contribution is -0.141. The largest absolute Gasteiger partial charge is 0.468 e. The molecule has 21 heavy (non-hydrogen) atoms. The third-order valence-corrected chi connectivity index (χ3v) is 2.63. The fourth-order valence-corrected chi connectivity index (χ4v) is 1.03. The monoisotopic (exact) mass is 321 g/mol. The fraction of sp³-hybridized carbons (Fsp3) is 0.571. The molecule has 5 nitrogen and oxygen atoms in total. The zero-order valence-corrected chi connectivity index (χ0v) is 13.9. The Balaban J connectivity index is 0. The van der Waals surface area contributed by atoms with Gasteiger partial charge in [0, 0.05) is 6.20 Å². The number of aromatic nitrogens is 1. The number of nitrogens with two attached hydrogens (primary N) is 1. The van der Waals surface area contributed by atoms with E-state index in [9.17, 15) is 9.18 Å². The fourth-order valence-electron chi connectivity index (χ4n) is 1.03. The number of nitrogens with one attached hydrogen (secondary N) is 1. The number of carbonyl (C=O) groups excluding carboxylic acids is 1. The number of nitrogens with zero attached hydrogens (tertiary/aromatic N) is 1. The lowest BCUT2D eigenvalue weighted by Crippen LogP contribution is -2.35. The topological polar surface area (TPSA) is 77.2 Å². The average Bonchev–Trinajstić information content (AvgIpc) is 2.38. The van der Waals surface area contributed by atoms with E-state index in [4.69, 9.17) is 5.73 Å². The van der Waals surface area contributed by atoms with Crippen LogP contribution in [0.1, 0.15) is 27.7 Å². The zero-order chi connectivity index (χ0) is 15.8. The highest BCUT2D eigenvalue weighted by Gasteiger charge is 2.24. The second kappa shape index (κ2) is 10.3. The first-order valence-corrected chi connectivity index (χ1v) is 6.38. The molecular formula is C14H25ClFN3O2. The Morgan fingerprint density at radius 2 is 2.00 bits per heavy atom. The van der Waals surface area contributed by atoms with Crippen LogP contribution in [0.25, 0.3) is 0 Å². The molecule has 0 amide bonds. The van der Waals surface area contributed by atoms with Gasteiger partial charge in [-0.25, -0.2) is 9.37 Å². The molecule has 7 heteroatoms. The molecule has 1 heterocycles. The van der Waals surface area contributed by atoms with E-state index in [1.165, 1.54) is 7.11 Å². The number of anilines is 1. The van der Waals surface area contributed by atoms with Crippen LogP contribution in [0.3, 0.4) is 0 Å². The molecule has 0 bridgehead atoms. The van der Waals surface area contributed by atoms with Crippen LogP contribution < -0.4 is 11.1 Å². The van der Waals surface area contributed by atoms with Crippen LogP contribution >= 0.6 is 12.4 Å². The quantitative estimate of drug-likeness (QED) is 0.833. The van der Waals surface area contributed by atoms with Crippen LogP contribution in [0.15, 0.2) is 24.4 Å². The number of carbonyl (C=O) groups is 1. The predicted octanol–water partition coefficient (Wildman–Crippen LogP) is 2.56. The Bertz CT molecular complexity index is 397. The van der Waals surface area contributed by atoms with Crippen molar-refractivity contribution in [3.8, 4) is 0 Å². The zero-order valence-electron chi connectivity index (χ0n) is 13.1. The minimum atomic E-state index is -1.24. The van der Waals surface area contributed by atoms with Crippen molar-refractivity contribution < 1.29 is 13.9 Å². The number of methoxy groups -OCH3 is 1. The number of esters is 1. The SMILES string of the molecule is COC(=O)[C@H](C)N.C[C@H](Nc1ccccn1)C(C)(C)F.Cl. The second-order valence-corrected chi connectivity index (χ2v) is 4.96. The molecule has 1 aromatic heterocycles. The highest BCUT2D eigenvalue weighted by atomic mass is 35.5. The van der Waals surface area contributed by atoms with E-state index in [0.717, 1.165) is 0 Å². The van der Waals surface area contributed by atoms with Gasteiger partial charge in [0.15, 0.2) is 0 Å². The van der Waals surface area contributed by atoms with Gasteiger partial charge in [-0.15, -0.1) is 12.4 Å². The molecular weight excluding hydrogens is 297 g/mol. The summed E-state index contributed by atoms with van der Waals surface area (Å²) in [4.78, 5) is 14.2. The van der Waals surface area contributed by atoms with Crippen LogP contribution in [0.5, 0.6) is 0 Å². The van der Waals surface area contributed by atoms with Crippen molar-refractivity contribution in [1.29, 1.82) is 0 Å². The number of pyridine rings is 1. The summed E-state index contributed by atoms with van der Waals surface area (Å²) in [5.41, 5.74) is 3.83. The molecule has 0 saturated heterocycles. The van der Waals surface area contributed by atoms with Crippen molar-refractivity contribution in [3.05, 3.63) is 24.4 Å². The molecule has 0 aliphatic heterocycles. The minimum Gasteiger partial charge on any atom is -0.468 e. The molecule has 1 aromatic rings. The van der Waals surface area contributed by atoms with E-state index >= 15 is 0 Å². The lowest BCUT2D eigenvalue weighted by atomic mass is 10.0. The van der Waals surface area contributed by atoms with Crippen LogP contribution in [-0.2, 0) is 9.53 Å². The van der Waals surface area contributed by atoms with Gasteiger partial charge in [-0.3, -0.25) is 4.79 Å². The van der Waals surface area contributed by atoms with E-state index in [-0.39, 0.29) is 24.4 Å². The van der Waals surface area contributed by atoms with Crippen molar-refractivity contribution >= 4 is 24.2 Å². The number of halogens is 2. The van der Waals surface area contributed by atoms with E-state index < -0.39 is 11.7 Å². The molecule has 0 aliphatic carbocycles. The predicted molar refractivity (Wildman–Crippen MR) is 85.4 cm³/mol. The summed E-state index contributed by atoms with van der Waals surface area (Å²) in [5, 5.41) is 3.00. The number of alkyl halides is 1. The summed E-state index contributed by atoms with van der Waals surface area (Å²) in [5.74, 6) is 0.334. The normalized spacial score (nSPS) is 12.9. The van der Waals surface area contributed by atoms with Gasteiger partial charge >= 0.3 is 5.97 Å². The van der Waals surface area contributed by atoms with Crippen molar-refractivity contribution in [2.75, 3.05) is 12.4 Å². The third-order valence-electron chi connectivity index (χ3n) is 2.63. The first-order valence-electron chi connectivity index (χ1n) is 6.38. The first kappa shape index (κ1) is 21.9. The van der Waals surface area contributed by atoms with Crippen molar-refractivity contribution in [3.63, 3.8) is 0 Å². The van der Waals surface area contributed by atoms with Gasteiger partial charge in [0.05, 0.1) is 13.2 Å². The van der Waals surface area contributed by atoms with E-state index in [2.05, 4.69) is 15.0 Å². The molecule has 0 saturated carbocycles. The summed E-state index contributed by atoms with van der Waals surface area (Å²) in [6.45, 7) is 6.47. The van der Waals surface area contributed by atoms with Gasteiger partial charge in [0.25, 0.3) is 0 Å². The minimum absolute atomic E-state index is 0. The summed E-state index contributed by atoms with van der Waals surface area (Å²) in [7, 11) is 1.31. The average molecular weight is 322 g/mol. The van der Waals surface area contributed by atoms with Gasteiger partial charge in [-0.2, -0.15) is 0 Å². The molecule has 3 N–H and O–H groups in total. The van der Waals surface area contributed by atoms with Gasteiger partial charge in [0.1, 0.15) is 17.5 Å².